The molecule has 0 bridgehead atoms. The fourth-order valence-electron chi connectivity index (χ4n) is 4.67. The van der Waals surface area contributed by atoms with Crippen LogP contribution in [0.2, 0.25) is 5.02 Å². The van der Waals surface area contributed by atoms with Gasteiger partial charge in [-0.2, -0.15) is 4.98 Å². The van der Waals surface area contributed by atoms with Gasteiger partial charge in [0.25, 0.3) is 11.9 Å². The van der Waals surface area contributed by atoms with Crippen LogP contribution in [0.4, 0.5) is 6.01 Å². The molecule has 3 aliphatic rings. The summed E-state index contributed by atoms with van der Waals surface area (Å²) in [6.45, 7) is 1.73. The number of halogens is 1. The van der Waals surface area contributed by atoms with E-state index >= 15 is 0 Å². The summed E-state index contributed by atoms with van der Waals surface area (Å²) in [6, 6.07) is 9.46. The van der Waals surface area contributed by atoms with Gasteiger partial charge in [-0.3, -0.25) is 9.00 Å². The molecule has 7 nitrogen and oxygen atoms in total. The molecule has 1 amide bonds. The maximum absolute atomic E-state index is 12.5. The Morgan fingerprint density at radius 3 is 2.81 bits per heavy atom. The van der Waals surface area contributed by atoms with Crippen LogP contribution in [0.15, 0.2) is 44.3 Å². The number of carbonyl (C=O) groups is 1. The standard InChI is InChI=1S/C22H22ClN3O4S/c23-14-3-4-17-16(7-14)25-21(30-17)26-11-22(12-26)8-15(9-22)24-20(27)18-5-6-19(29-18)31(28)10-13-1-2-13/h3-7,13,15H,1-2,8-12H2,(H,24,27). The van der Waals surface area contributed by atoms with Crippen molar-refractivity contribution in [3.63, 3.8) is 0 Å². The van der Waals surface area contributed by atoms with Crippen LogP contribution in [0, 0.1) is 11.3 Å². The second kappa shape index (κ2) is 7.10. The van der Waals surface area contributed by atoms with Crippen molar-refractivity contribution in [3.8, 4) is 0 Å². The molecule has 6 rings (SSSR count). The van der Waals surface area contributed by atoms with Crippen LogP contribution in [-0.4, -0.2) is 40.0 Å². The quantitative estimate of drug-likeness (QED) is 0.599. The third-order valence-corrected chi connectivity index (χ3v) is 8.15. The first kappa shape index (κ1) is 19.4. The molecule has 1 saturated heterocycles. The number of hydrogen-bond acceptors (Lipinski definition) is 6. The molecular weight excluding hydrogens is 438 g/mol. The van der Waals surface area contributed by atoms with E-state index in [4.69, 9.17) is 20.4 Å². The first-order valence-corrected chi connectivity index (χ1v) is 12.3. The second-order valence-electron chi connectivity index (χ2n) is 9.12. The SMILES string of the molecule is O=C(NC1CC2(C1)CN(c1nc3cc(Cl)ccc3o1)C2)c1ccc(S(=O)CC2CC2)o1. The minimum Gasteiger partial charge on any atom is -0.442 e. The number of oxazole rings is 1. The number of benzene rings is 1. The molecule has 1 spiro atoms. The molecular formula is C22H22ClN3O4S. The topological polar surface area (TPSA) is 88.6 Å². The van der Waals surface area contributed by atoms with E-state index in [1.807, 2.05) is 6.07 Å². The van der Waals surface area contributed by atoms with Crippen molar-refractivity contribution in [3.05, 3.63) is 41.1 Å². The molecule has 2 saturated carbocycles. The third kappa shape index (κ3) is 3.65. The molecule has 1 unspecified atom stereocenters. The minimum absolute atomic E-state index is 0.127. The zero-order valence-electron chi connectivity index (χ0n) is 16.8. The van der Waals surface area contributed by atoms with Crippen molar-refractivity contribution in [1.82, 2.24) is 10.3 Å². The van der Waals surface area contributed by atoms with E-state index in [1.54, 1.807) is 24.3 Å². The van der Waals surface area contributed by atoms with Gasteiger partial charge in [0.15, 0.2) is 16.4 Å². The van der Waals surface area contributed by atoms with Crippen molar-refractivity contribution in [2.75, 3.05) is 23.7 Å². The molecule has 162 valence electrons. The monoisotopic (exact) mass is 459 g/mol. The number of aromatic nitrogens is 1. The molecule has 2 aromatic heterocycles. The Balaban J connectivity index is 1.01. The molecule has 3 heterocycles. The molecule has 1 N–H and O–H groups in total. The first-order valence-electron chi connectivity index (χ1n) is 10.6. The van der Waals surface area contributed by atoms with E-state index in [2.05, 4.69) is 15.2 Å². The highest BCUT2D eigenvalue weighted by molar-refractivity contribution is 7.84. The number of rotatable bonds is 6. The third-order valence-electron chi connectivity index (χ3n) is 6.47. The number of hydrogen-bond donors (Lipinski definition) is 1. The Morgan fingerprint density at radius 1 is 1.23 bits per heavy atom. The number of amides is 1. The van der Waals surface area contributed by atoms with Gasteiger partial charge in [0, 0.05) is 35.3 Å². The summed E-state index contributed by atoms with van der Waals surface area (Å²) < 4.78 is 23.6. The van der Waals surface area contributed by atoms with Crippen molar-refractivity contribution < 1.29 is 17.8 Å². The van der Waals surface area contributed by atoms with Crippen molar-refractivity contribution >= 4 is 45.4 Å². The van der Waals surface area contributed by atoms with Gasteiger partial charge in [-0.15, -0.1) is 0 Å². The average Bonchev–Trinajstić information content (AvgIpc) is 3.20. The van der Waals surface area contributed by atoms with E-state index in [1.165, 1.54) is 0 Å². The zero-order valence-corrected chi connectivity index (χ0v) is 18.4. The number of fused-ring (bicyclic) bond motifs is 1. The van der Waals surface area contributed by atoms with Gasteiger partial charge in [-0.05, 0) is 61.9 Å². The lowest BCUT2D eigenvalue weighted by atomic mass is 9.61. The summed E-state index contributed by atoms with van der Waals surface area (Å²) in [5.41, 5.74) is 1.70. The minimum atomic E-state index is -1.16. The molecule has 1 aliphatic heterocycles. The number of nitrogens with zero attached hydrogens (tertiary/aromatic N) is 2. The number of carbonyl (C=O) groups excluding carboxylic acids is 1. The van der Waals surface area contributed by atoms with Gasteiger partial charge in [0.2, 0.25) is 0 Å². The maximum Gasteiger partial charge on any atom is 0.298 e. The Hall–Kier alpha value is -2.32. The lowest BCUT2D eigenvalue weighted by Crippen LogP contribution is -2.66. The molecule has 3 fully saturated rings. The second-order valence-corrected chi connectivity index (χ2v) is 11.0. The van der Waals surface area contributed by atoms with Crippen LogP contribution < -0.4 is 10.2 Å². The van der Waals surface area contributed by atoms with E-state index in [9.17, 15) is 9.00 Å². The summed E-state index contributed by atoms with van der Waals surface area (Å²) in [4.78, 5) is 19.2. The Morgan fingerprint density at radius 2 is 2.03 bits per heavy atom. The molecule has 3 aromatic rings. The molecule has 2 aliphatic carbocycles. The van der Waals surface area contributed by atoms with Crippen LogP contribution in [0.25, 0.3) is 11.1 Å². The number of anilines is 1. The summed E-state index contributed by atoms with van der Waals surface area (Å²) in [5, 5.41) is 4.08. The smallest absolute Gasteiger partial charge is 0.298 e. The fourth-order valence-corrected chi connectivity index (χ4v) is 6.16. The van der Waals surface area contributed by atoms with E-state index in [-0.39, 0.29) is 23.1 Å². The lowest BCUT2D eigenvalue weighted by molar-refractivity contribution is 0.0403. The van der Waals surface area contributed by atoms with E-state index in [0.29, 0.717) is 27.8 Å². The molecule has 31 heavy (non-hydrogen) atoms. The van der Waals surface area contributed by atoms with Crippen LogP contribution >= 0.6 is 11.6 Å². The summed E-state index contributed by atoms with van der Waals surface area (Å²) >= 11 is 6.02. The highest BCUT2D eigenvalue weighted by Crippen LogP contribution is 2.49. The highest BCUT2D eigenvalue weighted by Gasteiger charge is 2.54. The average molecular weight is 460 g/mol. The van der Waals surface area contributed by atoms with Crippen LogP contribution in [0.1, 0.15) is 36.2 Å². The Bertz CT molecular complexity index is 1190. The van der Waals surface area contributed by atoms with Crippen LogP contribution in [-0.2, 0) is 10.8 Å². The van der Waals surface area contributed by atoms with Crippen molar-refractivity contribution in [2.45, 2.75) is 36.8 Å². The first-order chi connectivity index (χ1) is 15.0. The lowest BCUT2D eigenvalue weighted by Gasteiger charge is -2.58. The molecule has 0 radical (unpaired) electrons. The molecule has 1 atom stereocenters. The Labute approximate surface area is 186 Å². The van der Waals surface area contributed by atoms with Crippen molar-refractivity contribution in [2.24, 2.45) is 11.3 Å². The summed E-state index contributed by atoms with van der Waals surface area (Å²) in [5.74, 6) is 1.18. The summed E-state index contributed by atoms with van der Waals surface area (Å²) in [6.07, 6.45) is 4.12. The number of nitrogens with one attached hydrogen (secondary N) is 1. The molecule has 1 aromatic carbocycles. The predicted molar refractivity (Wildman–Crippen MR) is 117 cm³/mol. The van der Waals surface area contributed by atoms with Gasteiger partial charge in [0.05, 0.1) is 10.8 Å². The fraction of sp³-hybridized carbons (Fsp3) is 0.455. The van der Waals surface area contributed by atoms with Crippen molar-refractivity contribution in [1.29, 1.82) is 0 Å². The predicted octanol–water partition coefficient (Wildman–Crippen LogP) is 3.99. The van der Waals surface area contributed by atoms with Gasteiger partial charge < -0.3 is 19.1 Å². The van der Waals surface area contributed by atoms with Gasteiger partial charge in [-0.1, -0.05) is 11.6 Å². The van der Waals surface area contributed by atoms with Gasteiger partial charge in [0.1, 0.15) is 5.52 Å². The maximum atomic E-state index is 12.5. The van der Waals surface area contributed by atoms with Crippen LogP contribution in [0.5, 0.6) is 0 Å². The highest BCUT2D eigenvalue weighted by atomic mass is 35.5. The normalized spacial score (nSPS) is 21.1. The van der Waals surface area contributed by atoms with Crippen LogP contribution in [0.3, 0.4) is 0 Å². The summed E-state index contributed by atoms with van der Waals surface area (Å²) in [7, 11) is -1.16. The zero-order chi connectivity index (χ0) is 21.2. The Kier molecular flexibility index (Phi) is 4.44. The molecule has 9 heteroatoms. The van der Waals surface area contributed by atoms with E-state index < -0.39 is 10.8 Å². The van der Waals surface area contributed by atoms with Gasteiger partial charge in [-0.25, -0.2) is 0 Å². The van der Waals surface area contributed by atoms with E-state index in [0.717, 1.165) is 49.9 Å². The number of furan rings is 1. The largest absolute Gasteiger partial charge is 0.442 e. The van der Waals surface area contributed by atoms with Gasteiger partial charge >= 0.3 is 0 Å².